The van der Waals surface area contributed by atoms with Gasteiger partial charge in [0.15, 0.2) is 0 Å². The second-order valence-electron chi connectivity index (χ2n) is 5.58. The number of hydrogen-bond acceptors (Lipinski definition) is 4. The molecule has 2 rings (SSSR count). The molecule has 1 amide bonds. The van der Waals surface area contributed by atoms with Crippen molar-refractivity contribution in [2.45, 2.75) is 39.5 Å². The third kappa shape index (κ3) is 3.61. The molecule has 1 fully saturated rings. The molecule has 0 saturated carbocycles. The highest BCUT2D eigenvalue weighted by molar-refractivity contribution is 7.09. The lowest BCUT2D eigenvalue weighted by Gasteiger charge is -2.14. The second kappa shape index (κ2) is 7.02. The number of thiazole rings is 1. The maximum Gasteiger partial charge on any atom is 0.308 e. The number of carbonyl (C=O) groups excluding carboxylic acids is 1. The fourth-order valence-electron chi connectivity index (χ4n) is 2.88. The molecule has 1 N–H and O–H groups in total. The van der Waals surface area contributed by atoms with Gasteiger partial charge in [-0.05, 0) is 25.2 Å². The monoisotopic (exact) mass is 310 g/mol. The van der Waals surface area contributed by atoms with Gasteiger partial charge in [0.25, 0.3) is 5.91 Å². The van der Waals surface area contributed by atoms with Crippen molar-refractivity contribution >= 4 is 23.2 Å². The molecule has 0 aromatic carbocycles. The van der Waals surface area contributed by atoms with E-state index in [1.807, 2.05) is 6.92 Å². The number of rotatable bonds is 6. The Morgan fingerprint density at radius 2 is 2.14 bits per heavy atom. The summed E-state index contributed by atoms with van der Waals surface area (Å²) in [6, 6.07) is 0. The van der Waals surface area contributed by atoms with Gasteiger partial charge in [0.2, 0.25) is 0 Å². The van der Waals surface area contributed by atoms with Crippen molar-refractivity contribution in [3.8, 4) is 0 Å². The molecule has 116 valence electrons. The molecule has 0 unspecified atom stereocenters. The van der Waals surface area contributed by atoms with E-state index in [9.17, 15) is 14.7 Å². The zero-order valence-electron chi connectivity index (χ0n) is 12.5. The molecule has 2 heterocycles. The average Bonchev–Trinajstić information content (AvgIpc) is 3.06. The molecule has 0 spiro atoms. The van der Waals surface area contributed by atoms with Crippen LogP contribution in [0, 0.1) is 11.8 Å². The van der Waals surface area contributed by atoms with Crippen molar-refractivity contribution in [2.75, 3.05) is 13.1 Å². The Kier molecular flexibility index (Phi) is 5.33. The lowest BCUT2D eigenvalue weighted by atomic mass is 9.92. The number of amides is 1. The van der Waals surface area contributed by atoms with Crippen LogP contribution in [0.2, 0.25) is 0 Å². The maximum absolute atomic E-state index is 12.5. The number of nitrogens with zero attached hydrogens (tertiary/aromatic N) is 2. The first-order valence-electron chi connectivity index (χ1n) is 7.53. The fourth-order valence-corrected chi connectivity index (χ4v) is 3.75. The fraction of sp³-hybridized carbons (Fsp3) is 0.667. The van der Waals surface area contributed by atoms with Crippen LogP contribution >= 0.6 is 11.3 Å². The number of hydrogen-bond donors (Lipinski definition) is 1. The van der Waals surface area contributed by atoms with Crippen LogP contribution in [0.3, 0.4) is 0 Å². The molecular weight excluding hydrogens is 288 g/mol. The van der Waals surface area contributed by atoms with E-state index in [2.05, 4.69) is 11.9 Å². The summed E-state index contributed by atoms with van der Waals surface area (Å²) in [5, 5.41) is 12.1. The van der Waals surface area contributed by atoms with Gasteiger partial charge in [-0.1, -0.05) is 20.3 Å². The van der Waals surface area contributed by atoms with E-state index in [1.165, 1.54) is 11.3 Å². The molecule has 1 aromatic heterocycles. The number of likely N-dealkylation sites (tertiary alicyclic amines) is 1. The first kappa shape index (κ1) is 15.9. The zero-order valence-corrected chi connectivity index (χ0v) is 13.4. The van der Waals surface area contributed by atoms with E-state index in [0.29, 0.717) is 18.8 Å². The first-order chi connectivity index (χ1) is 10.1. The van der Waals surface area contributed by atoms with E-state index >= 15 is 0 Å². The highest BCUT2D eigenvalue weighted by Crippen LogP contribution is 2.29. The van der Waals surface area contributed by atoms with Crippen LogP contribution in [0.1, 0.15) is 48.6 Å². The minimum absolute atomic E-state index is 0.0604. The van der Waals surface area contributed by atoms with Gasteiger partial charge in [-0.2, -0.15) is 0 Å². The highest BCUT2D eigenvalue weighted by Gasteiger charge is 2.39. The molecule has 21 heavy (non-hydrogen) atoms. The predicted octanol–water partition coefficient (Wildman–Crippen LogP) is 2.67. The Labute approximate surface area is 129 Å². The van der Waals surface area contributed by atoms with Gasteiger partial charge in [-0.15, -0.1) is 11.3 Å². The number of aryl methyl sites for hydroxylation is 1. The number of carboxylic acids is 1. The van der Waals surface area contributed by atoms with Crippen molar-refractivity contribution < 1.29 is 14.7 Å². The van der Waals surface area contributed by atoms with Gasteiger partial charge >= 0.3 is 5.97 Å². The van der Waals surface area contributed by atoms with Crippen molar-refractivity contribution in [3.05, 3.63) is 16.1 Å². The van der Waals surface area contributed by atoms with Crippen LogP contribution in [0.5, 0.6) is 0 Å². The quantitative estimate of drug-likeness (QED) is 0.877. The van der Waals surface area contributed by atoms with E-state index in [1.54, 1.807) is 10.3 Å². The van der Waals surface area contributed by atoms with Crippen LogP contribution in [0.15, 0.2) is 5.38 Å². The van der Waals surface area contributed by atoms with Gasteiger partial charge < -0.3 is 10.0 Å². The maximum atomic E-state index is 12.5. The first-order valence-corrected chi connectivity index (χ1v) is 8.41. The van der Waals surface area contributed by atoms with Crippen molar-refractivity contribution in [1.82, 2.24) is 9.88 Å². The summed E-state index contributed by atoms with van der Waals surface area (Å²) in [4.78, 5) is 29.8. The van der Waals surface area contributed by atoms with E-state index in [4.69, 9.17) is 0 Å². The number of aliphatic carboxylic acids is 1. The molecule has 6 heteroatoms. The molecule has 1 aliphatic heterocycles. The smallest absolute Gasteiger partial charge is 0.308 e. The molecule has 5 nitrogen and oxygen atoms in total. The molecule has 1 aliphatic rings. The predicted molar refractivity (Wildman–Crippen MR) is 81.5 cm³/mol. The zero-order chi connectivity index (χ0) is 15.4. The molecule has 1 saturated heterocycles. The minimum atomic E-state index is -0.798. The normalized spacial score (nSPS) is 21.7. The summed E-state index contributed by atoms with van der Waals surface area (Å²) < 4.78 is 0. The van der Waals surface area contributed by atoms with Crippen molar-refractivity contribution in [3.63, 3.8) is 0 Å². The van der Waals surface area contributed by atoms with Crippen LogP contribution in [-0.4, -0.2) is 40.0 Å². The third-order valence-electron chi connectivity index (χ3n) is 3.94. The summed E-state index contributed by atoms with van der Waals surface area (Å²) in [6.07, 6.45) is 3.67. The summed E-state index contributed by atoms with van der Waals surface area (Å²) >= 11 is 1.50. The van der Waals surface area contributed by atoms with Gasteiger partial charge in [-0.25, -0.2) is 4.98 Å². The number of carbonyl (C=O) groups is 2. The molecule has 0 aliphatic carbocycles. The molecular formula is C15H22N2O3S. The Morgan fingerprint density at radius 3 is 2.76 bits per heavy atom. The molecule has 1 aromatic rings. The topological polar surface area (TPSA) is 70.5 Å². The van der Waals surface area contributed by atoms with Crippen LogP contribution in [0.4, 0.5) is 0 Å². The Hall–Kier alpha value is -1.43. The van der Waals surface area contributed by atoms with E-state index in [0.717, 1.165) is 30.7 Å². The van der Waals surface area contributed by atoms with Crippen LogP contribution in [-0.2, 0) is 11.2 Å². The average molecular weight is 310 g/mol. The van der Waals surface area contributed by atoms with Crippen molar-refractivity contribution in [1.29, 1.82) is 0 Å². The highest BCUT2D eigenvalue weighted by atomic mass is 32.1. The third-order valence-corrected chi connectivity index (χ3v) is 4.85. The standard InChI is InChI=1S/C15H22N2O3S/c1-3-5-10-7-17(8-11(10)15(19)20)14(18)12-9-21-13(16-12)6-4-2/h9-11H,3-8H2,1-2H3,(H,19,20)/t10-,11-/m1/s1. The summed E-state index contributed by atoms with van der Waals surface area (Å²) in [6.45, 7) is 4.96. The molecule has 0 bridgehead atoms. The number of carboxylic acid groups (broad SMARTS) is 1. The lowest BCUT2D eigenvalue weighted by Crippen LogP contribution is -2.30. The summed E-state index contributed by atoms with van der Waals surface area (Å²) in [5.74, 6) is -1.31. The van der Waals surface area contributed by atoms with Gasteiger partial charge in [-0.3, -0.25) is 9.59 Å². The van der Waals surface area contributed by atoms with E-state index in [-0.39, 0.29) is 11.8 Å². The van der Waals surface area contributed by atoms with Gasteiger partial charge in [0.1, 0.15) is 5.69 Å². The van der Waals surface area contributed by atoms with Gasteiger partial charge in [0, 0.05) is 18.5 Å². The van der Waals surface area contributed by atoms with E-state index < -0.39 is 11.9 Å². The van der Waals surface area contributed by atoms with Crippen LogP contribution < -0.4 is 0 Å². The second-order valence-corrected chi connectivity index (χ2v) is 6.52. The van der Waals surface area contributed by atoms with Gasteiger partial charge in [0.05, 0.1) is 10.9 Å². The summed E-state index contributed by atoms with van der Waals surface area (Å²) in [7, 11) is 0. The van der Waals surface area contributed by atoms with Crippen LogP contribution in [0.25, 0.3) is 0 Å². The number of aromatic nitrogens is 1. The minimum Gasteiger partial charge on any atom is -0.481 e. The largest absolute Gasteiger partial charge is 0.481 e. The Bertz CT molecular complexity index is 515. The Balaban J connectivity index is 2.07. The SMILES string of the molecule is CCCc1nc(C(=O)N2C[C@@H](CCC)[C@H](C(=O)O)C2)cs1. The van der Waals surface area contributed by atoms with Crippen molar-refractivity contribution in [2.24, 2.45) is 11.8 Å². The lowest BCUT2D eigenvalue weighted by molar-refractivity contribution is -0.142. The summed E-state index contributed by atoms with van der Waals surface area (Å²) in [5.41, 5.74) is 0.463. The molecule has 0 radical (unpaired) electrons. The molecule has 2 atom stereocenters. The Morgan fingerprint density at radius 1 is 1.38 bits per heavy atom.